The van der Waals surface area contributed by atoms with Crippen LogP contribution in [0.5, 0.6) is 0 Å². The minimum Gasteiger partial charge on any atom is -0.303 e. The molecule has 0 heterocycles. The summed E-state index contributed by atoms with van der Waals surface area (Å²) in [5.41, 5.74) is 1.41. The van der Waals surface area contributed by atoms with Crippen molar-refractivity contribution in [3.8, 4) is 12.3 Å². The Kier molecular flexibility index (Phi) is 7.48. The van der Waals surface area contributed by atoms with Crippen molar-refractivity contribution in [3.05, 3.63) is 35.9 Å². The Morgan fingerprint density at radius 1 is 1.16 bits per heavy atom. The molecule has 0 saturated heterocycles. The van der Waals surface area contributed by atoms with E-state index < -0.39 is 0 Å². The van der Waals surface area contributed by atoms with Crippen LogP contribution in [0.1, 0.15) is 32.3 Å². The van der Waals surface area contributed by atoms with Crippen LogP contribution in [0.3, 0.4) is 0 Å². The lowest BCUT2D eigenvalue weighted by Gasteiger charge is -2.41. The van der Waals surface area contributed by atoms with E-state index in [2.05, 4.69) is 72.7 Å². The minimum absolute atomic E-state index is 0.552. The number of benzene rings is 1. The van der Waals surface area contributed by atoms with Crippen LogP contribution < -0.4 is 0 Å². The summed E-state index contributed by atoms with van der Waals surface area (Å²) in [6.07, 6.45) is 9.12. The Bertz CT molecular complexity index is 387. The molecule has 0 aliphatic heterocycles. The van der Waals surface area contributed by atoms with Crippen molar-refractivity contribution in [2.45, 2.75) is 37.2 Å². The monoisotopic (exact) mass is 370 g/mol. The number of nitrogens with zero attached hydrogens (tertiary/aromatic N) is 1. The van der Waals surface area contributed by atoms with E-state index >= 15 is 0 Å². The Balaban J connectivity index is 2.86. The number of terminal acetylenes is 1. The molecule has 1 unspecified atom stereocenters. The summed E-state index contributed by atoms with van der Waals surface area (Å²) in [5, 5.41) is 0. The van der Waals surface area contributed by atoms with Gasteiger partial charge in [0.1, 0.15) is 10.6 Å². The molecule has 0 aliphatic rings. The zero-order valence-electron chi connectivity index (χ0n) is 12.1. The van der Waals surface area contributed by atoms with Crippen LogP contribution in [0.4, 0.5) is 0 Å². The van der Waals surface area contributed by atoms with E-state index in [1.807, 2.05) is 0 Å². The summed E-state index contributed by atoms with van der Waals surface area (Å²) in [7, 11) is 0. The van der Waals surface area contributed by atoms with E-state index in [1.165, 1.54) is 31.5 Å². The Hall–Kier alpha value is -0.530. The van der Waals surface area contributed by atoms with Crippen molar-refractivity contribution >= 4 is 22.6 Å². The first-order valence-electron chi connectivity index (χ1n) is 7.15. The van der Waals surface area contributed by atoms with Gasteiger partial charge in [-0.3, -0.25) is 0 Å². The zero-order chi connectivity index (χ0) is 14.1. The molecule has 2 heteroatoms. The first-order chi connectivity index (χ1) is 9.18. The third-order valence-corrected chi connectivity index (χ3v) is 5.21. The summed E-state index contributed by atoms with van der Waals surface area (Å²) in [4.78, 5) is 0. The Morgan fingerprint density at radius 3 is 2.21 bits per heavy atom. The molecule has 1 nitrogen and oxygen atoms in total. The summed E-state index contributed by atoms with van der Waals surface area (Å²) in [6, 6.07) is 10.7. The summed E-state index contributed by atoms with van der Waals surface area (Å²) in [6.45, 7) is 7.72. The zero-order valence-corrected chi connectivity index (χ0v) is 14.3. The molecule has 0 aromatic heterocycles. The predicted molar refractivity (Wildman–Crippen MR) is 92.2 cm³/mol. The van der Waals surface area contributed by atoms with Crippen LogP contribution in [0.2, 0.25) is 0 Å². The van der Waals surface area contributed by atoms with E-state index in [4.69, 9.17) is 6.42 Å². The largest absolute Gasteiger partial charge is 0.303 e. The average Bonchev–Trinajstić information content (AvgIpc) is 2.40. The topological polar surface area (TPSA) is 0 Å². The summed E-state index contributed by atoms with van der Waals surface area (Å²) >= 11 is 2.61. The predicted octanol–water partition coefficient (Wildman–Crippen LogP) is 4.26. The van der Waals surface area contributed by atoms with E-state index in [9.17, 15) is 0 Å². The van der Waals surface area contributed by atoms with Crippen molar-refractivity contribution in [1.82, 2.24) is 0 Å². The van der Waals surface area contributed by atoms with Gasteiger partial charge in [-0.15, -0.1) is 6.42 Å². The highest BCUT2D eigenvalue weighted by atomic mass is 127. The van der Waals surface area contributed by atoms with Gasteiger partial charge < -0.3 is 4.48 Å². The molecule has 19 heavy (non-hydrogen) atoms. The van der Waals surface area contributed by atoms with Crippen molar-refractivity contribution < 1.29 is 4.48 Å². The minimum atomic E-state index is 0.552. The van der Waals surface area contributed by atoms with Crippen molar-refractivity contribution in [2.75, 3.05) is 19.6 Å². The molecule has 0 saturated carbocycles. The van der Waals surface area contributed by atoms with Gasteiger partial charge in [-0.25, -0.2) is 0 Å². The summed E-state index contributed by atoms with van der Waals surface area (Å²) in [5.74, 6) is 2.91. The quantitative estimate of drug-likeness (QED) is 0.211. The van der Waals surface area contributed by atoms with Gasteiger partial charge in [-0.2, -0.15) is 0 Å². The van der Waals surface area contributed by atoms with Crippen molar-refractivity contribution in [1.29, 1.82) is 0 Å². The SMILES string of the molecule is C#CC[N+](CCC)(CCC)C(I)Cc1ccccc1. The molecular weight excluding hydrogens is 345 g/mol. The smallest absolute Gasteiger partial charge is 0.144 e. The molecule has 0 N–H and O–H groups in total. The molecule has 0 bridgehead atoms. The van der Waals surface area contributed by atoms with Gasteiger partial charge in [0.15, 0.2) is 0 Å². The van der Waals surface area contributed by atoms with Gasteiger partial charge in [0.05, 0.1) is 13.1 Å². The highest BCUT2D eigenvalue weighted by Crippen LogP contribution is 2.25. The second-order valence-electron chi connectivity index (χ2n) is 5.15. The fraction of sp³-hybridized carbons (Fsp3) is 0.529. The average molecular weight is 370 g/mol. The first-order valence-corrected chi connectivity index (χ1v) is 8.40. The third kappa shape index (κ3) is 4.81. The number of hydrogen-bond acceptors (Lipinski definition) is 0. The number of hydrogen-bond donors (Lipinski definition) is 0. The number of quaternary nitrogens is 1. The molecule has 0 spiro atoms. The van der Waals surface area contributed by atoms with Crippen LogP contribution in [-0.4, -0.2) is 28.2 Å². The maximum absolute atomic E-state index is 5.64. The lowest BCUT2D eigenvalue weighted by atomic mass is 10.1. The highest BCUT2D eigenvalue weighted by molar-refractivity contribution is 14.1. The molecular formula is C17H25IN+. The highest BCUT2D eigenvalue weighted by Gasteiger charge is 2.32. The van der Waals surface area contributed by atoms with Gasteiger partial charge in [0, 0.05) is 6.42 Å². The molecule has 1 rings (SSSR count). The fourth-order valence-corrected chi connectivity index (χ4v) is 3.99. The van der Waals surface area contributed by atoms with E-state index in [-0.39, 0.29) is 0 Å². The summed E-state index contributed by atoms with van der Waals surface area (Å²) < 4.78 is 1.61. The number of alkyl halides is 1. The van der Waals surface area contributed by atoms with E-state index in [0.717, 1.165) is 17.4 Å². The maximum atomic E-state index is 5.64. The van der Waals surface area contributed by atoms with E-state index in [0.29, 0.717) is 4.05 Å². The van der Waals surface area contributed by atoms with E-state index in [1.54, 1.807) is 0 Å². The maximum Gasteiger partial charge on any atom is 0.144 e. The van der Waals surface area contributed by atoms with Gasteiger partial charge in [-0.1, -0.05) is 44.2 Å². The Morgan fingerprint density at radius 2 is 1.74 bits per heavy atom. The van der Waals surface area contributed by atoms with Crippen LogP contribution in [-0.2, 0) is 6.42 Å². The van der Waals surface area contributed by atoms with Gasteiger partial charge >= 0.3 is 0 Å². The molecule has 1 aromatic rings. The third-order valence-electron chi connectivity index (χ3n) is 3.59. The molecule has 0 radical (unpaired) electrons. The second-order valence-corrected chi connectivity index (χ2v) is 6.59. The van der Waals surface area contributed by atoms with Gasteiger partial charge in [0.25, 0.3) is 0 Å². The number of rotatable bonds is 8. The second kappa shape index (κ2) is 8.60. The van der Waals surface area contributed by atoms with Crippen LogP contribution in [0.25, 0.3) is 0 Å². The van der Waals surface area contributed by atoms with Crippen LogP contribution in [0, 0.1) is 12.3 Å². The standard InChI is InChI=1S/C17H25IN/c1-4-12-19(13-5-2,14-6-3)17(18)15-16-10-8-7-9-11-16/h1,7-11,17H,5-6,12-15H2,2-3H3/q+1. The normalized spacial score (nSPS) is 12.9. The molecule has 0 fully saturated rings. The lowest BCUT2D eigenvalue weighted by Crippen LogP contribution is -2.55. The lowest BCUT2D eigenvalue weighted by molar-refractivity contribution is -0.927. The van der Waals surface area contributed by atoms with Crippen LogP contribution >= 0.6 is 22.6 Å². The van der Waals surface area contributed by atoms with Gasteiger partial charge in [0.2, 0.25) is 0 Å². The molecule has 0 amide bonds. The molecule has 0 aliphatic carbocycles. The molecule has 104 valence electrons. The van der Waals surface area contributed by atoms with Crippen molar-refractivity contribution in [2.24, 2.45) is 0 Å². The van der Waals surface area contributed by atoms with Crippen LogP contribution in [0.15, 0.2) is 30.3 Å². The Labute approximate surface area is 132 Å². The molecule has 1 atom stereocenters. The first kappa shape index (κ1) is 16.5. The molecule has 1 aromatic carbocycles. The fourth-order valence-electron chi connectivity index (χ4n) is 2.72. The van der Waals surface area contributed by atoms with Gasteiger partial charge in [-0.05, 0) is 46.9 Å². The van der Waals surface area contributed by atoms with Crippen molar-refractivity contribution in [3.63, 3.8) is 0 Å². The number of halogens is 1.